The molecule has 0 bridgehead atoms. The van der Waals surface area contributed by atoms with Crippen LogP contribution in [0.15, 0.2) is 24.4 Å². The van der Waals surface area contributed by atoms with Crippen LogP contribution in [0.2, 0.25) is 0 Å². The second-order valence-electron chi connectivity index (χ2n) is 3.96. The smallest absolute Gasteiger partial charge is 0.131 e. The number of fused-ring (bicyclic) bond motifs is 1. The summed E-state index contributed by atoms with van der Waals surface area (Å²) in [6.07, 6.45) is 1.76. The quantitative estimate of drug-likeness (QED) is 0.646. The lowest BCUT2D eigenvalue weighted by molar-refractivity contribution is 0.0761. The van der Waals surface area contributed by atoms with Crippen LogP contribution in [-0.2, 0) is 5.60 Å². The second kappa shape index (κ2) is 2.75. The molecule has 3 nitrogen and oxygen atoms in total. The summed E-state index contributed by atoms with van der Waals surface area (Å²) < 4.78 is 0. The van der Waals surface area contributed by atoms with Gasteiger partial charge in [0.1, 0.15) is 5.75 Å². The molecule has 1 aromatic heterocycles. The summed E-state index contributed by atoms with van der Waals surface area (Å²) in [5.74, 6) is 0.149. The highest BCUT2D eigenvalue weighted by atomic mass is 16.3. The molecule has 74 valence electrons. The van der Waals surface area contributed by atoms with E-state index in [1.54, 1.807) is 32.2 Å². The third-order valence-electron chi connectivity index (χ3n) is 2.37. The number of H-pyrrole nitrogens is 1. The highest BCUT2D eigenvalue weighted by molar-refractivity contribution is 5.87. The maximum absolute atomic E-state index is 9.89. The molecule has 1 aromatic carbocycles. The predicted molar refractivity (Wildman–Crippen MR) is 55.2 cm³/mol. The minimum absolute atomic E-state index is 0.149. The second-order valence-corrected chi connectivity index (χ2v) is 3.96. The lowest BCUT2D eigenvalue weighted by atomic mass is 9.96. The van der Waals surface area contributed by atoms with E-state index in [9.17, 15) is 10.2 Å². The molecule has 0 radical (unpaired) electrons. The Kier molecular flexibility index (Phi) is 1.79. The Bertz CT molecular complexity index is 466. The van der Waals surface area contributed by atoms with Crippen molar-refractivity contribution in [2.45, 2.75) is 19.4 Å². The molecule has 14 heavy (non-hydrogen) atoms. The van der Waals surface area contributed by atoms with Gasteiger partial charge in [0.05, 0.1) is 5.60 Å². The fourth-order valence-corrected chi connectivity index (χ4v) is 1.61. The zero-order valence-electron chi connectivity index (χ0n) is 8.20. The van der Waals surface area contributed by atoms with Gasteiger partial charge in [0, 0.05) is 22.7 Å². The fraction of sp³-hybridized carbons (Fsp3) is 0.273. The lowest BCUT2D eigenvalue weighted by Crippen LogP contribution is -2.15. The van der Waals surface area contributed by atoms with Crippen molar-refractivity contribution in [3.63, 3.8) is 0 Å². The van der Waals surface area contributed by atoms with E-state index >= 15 is 0 Å². The molecule has 3 heteroatoms. The van der Waals surface area contributed by atoms with E-state index < -0.39 is 5.60 Å². The van der Waals surface area contributed by atoms with Gasteiger partial charge in [0.15, 0.2) is 0 Å². The molecule has 0 saturated carbocycles. The molecular weight excluding hydrogens is 178 g/mol. The number of aliphatic hydroxyl groups is 1. The van der Waals surface area contributed by atoms with E-state index in [4.69, 9.17) is 0 Å². The van der Waals surface area contributed by atoms with Gasteiger partial charge in [-0.25, -0.2) is 0 Å². The van der Waals surface area contributed by atoms with Crippen molar-refractivity contribution in [2.24, 2.45) is 0 Å². The van der Waals surface area contributed by atoms with Crippen LogP contribution in [0.1, 0.15) is 19.4 Å². The molecule has 0 fully saturated rings. The van der Waals surface area contributed by atoms with Gasteiger partial charge in [-0.2, -0.15) is 0 Å². The summed E-state index contributed by atoms with van der Waals surface area (Å²) >= 11 is 0. The molecule has 0 saturated heterocycles. The summed E-state index contributed by atoms with van der Waals surface area (Å²) in [5, 5.41) is 20.4. The summed E-state index contributed by atoms with van der Waals surface area (Å²) in [4.78, 5) is 3.00. The van der Waals surface area contributed by atoms with Crippen LogP contribution >= 0.6 is 0 Å². The maximum atomic E-state index is 9.89. The molecular formula is C11H13NO2. The topological polar surface area (TPSA) is 56.2 Å². The first-order valence-corrected chi connectivity index (χ1v) is 4.52. The van der Waals surface area contributed by atoms with Gasteiger partial charge < -0.3 is 15.2 Å². The van der Waals surface area contributed by atoms with Crippen LogP contribution in [0, 0.1) is 0 Å². The van der Waals surface area contributed by atoms with Crippen molar-refractivity contribution >= 4 is 10.9 Å². The Hall–Kier alpha value is -1.48. The van der Waals surface area contributed by atoms with Crippen molar-refractivity contribution in [1.82, 2.24) is 4.98 Å². The molecule has 0 spiro atoms. The summed E-state index contributed by atoms with van der Waals surface area (Å²) in [5.41, 5.74) is 0.398. The van der Waals surface area contributed by atoms with E-state index in [1.807, 2.05) is 6.07 Å². The Labute approximate surface area is 82.0 Å². The fourth-order valence-electron chi connectivity index (χ4n) is 1.61. The number of aromatic amines is 1. The molecule has 0 aliphatic rings. The summed E-state index contributed by atoms with van der Waals surface area (Å²) in [7, 11) is 0. The molecule has 0 unspecified atom stereocenters. The third kappa shape index (κ3) is 1.26. The number of aromatic hydroxyl groups is 1. The number of hydrogen-bond acceptors (Lipinski definition) is 2. The highest BCUT2D eigenvalue weighted by Crippen LogP contribution is 2.34. The average molecular weight is 191 g/mol. The SMILES string of the molecule is CC(C)(O)c1ccc2[nH]ccc2c1O. The van der Waals surface area contributed by atoms with Crippen LogP contribution in [-0.4, -0.2) is 15.2 Å². The Morgan fingerprint density at radius 3 is 2.57 bits per heavy atom. The number of nitrogens with one attached hydrogen (secondary N) is 1. The van der Waals surface area contributed by atoms with Gasteiger partial charge in [-0.05, 0) is 26.0 Å². The van der Waals surface area contributed by atoms with Gasteiger partial charge in [0.2, 0.25) is 0 Å². The van der Waals surface area contributed by atoms with E-state index in [-0.39, 0.29) is 5.75 Å². The van der Waals surface area contributed by atoms with E-state index in [0.717, 1.165) is 10.9 Å². The van der Waals surface area contributed by atoms with Crippen molar-refractivity contribution in [1.29, 1.82) is 0 Å². The molecule has 3 N–H and O–H groups in total. The van der Waals surface area contributed by atoms with Gasteiger partial charge in [-0.1, -0.05) is 6.07 Å². The summed E-state index contributed by atoms with van der Waals surface area (Å²) in [6.45, 7) is 3.31. The largest absolute Gasteiger partial charge is 0.507 e. The van der Waals surface area contributed by atoms with Crippen molar-refractivity contribution < 1.29 is 10.2 Å². The molecule has 0 amide bonds. The van der Waals surface area contributed by atoms with Gasteiger partial charge in [0.25, 0.3) is 0 Å². The first-order valence-electron chi connectivity index (χ1n) is 4.52. The lowest BCUT2D eigenvalue weighted by Gasteiger charge is -2.19. The zero-order chi connectivity index (χ0) is 10.3. The Morgan fingerprint density at radius 1 is 1.21 bits per heavy atom. The number of aromatic nitrogens is 1. The van der Waals surface area contributed by atoms with E-state index in [1.165, 1.54) is 0 Å². The van der Waals surface area contributed by atoms with Crippen LogP contribution in [0.5, 0.6) is 5.75 Å². The molecule has 0 aliphatic heterocycles. The molecule has 1 heterocycles. The maximum Gasteiger partial charge on any atom is 0.131 e. The molecule has 0 atom stereocenters. The Balaban J connectivity index is 2.74. The van der Waals surface area contributed by atoms with Crippen LogP contribution in [0.3, 0.4) is 0 Å². The van der Waals surface area contributed by atoms with Crippen LogP contribution in [0.4, 0.5) is 0 Å². The first kappa shape index (κ1) is 9.09. The normalized spacial score (nSPS) is 12.2. The van der Waals surface area contributed by atoms with Gasteiger partial charge >= 0.3 is 0 Å². The standard InChI is InChI=1S/C11H13NO2/c1-11(2,14)8-3-4-9-7(10(8)13)5-6-12-9/h3-6,12-14H,1-2H3. The van der Waals surface area contributed by atoms with Crippen molar-refractivity contribution in [3.05, 3.63) is 30.0 Å². The minimum atomic E-state index is -1.02. The van der Waals surface area contributed by atoms with Crippen molar-refractivity contribution in [2.75, 3.05) is 0 Å². The minimum Gasteiger partial charge on any atom is -0.507 e. The number of phenolic OH excluding ortho intramolecular Hbond substituents is 1. The number of phenols is 1. The highest BCUT2D eigenvalue weighted by Gasteiger charge is 2.21. The van der Waals surface area contributed by atoms with Gasteiger partial charge in [-0.3, -0.25) is 0 Å². The van der Waals surface area contributed by atoms with Gasteiger partial charge in [-0.15, -0.1) is 0 Å². The molecule has 2 rings (SSSR count). The third-order valence-corrected chi connectivity index (χ3v) is 2.37. The predicted octanol–water partition coefficient (Wildman–Crippen LogP) is 2.10. The molecule has 2 aromatic rings. The van der Waals surface area contributed by atoms with Crippen molar-refractivity contribution in [3.8, 4) is 5.75 Å². The first-order chi connectivity index (χ1) is 6.50. The average Bonchev–Trinajstić information content (AvgIpc) is 2.50. The zero-order valence-corrected chi connectivity index (χ0v) is 8.20. The number of benzene rings is 1. The number of rotatable bonds is 1. The van der Waals surface area contributed by atoms with E-state index in [2.05, 4.69) is 4.98 Å². The monoisotopic (exact) mass is 191 g/mol. The molecule has 0 aliphatic carbocycles. The van der Waals surface area contributed by atoms with E-state index in [0.29, 0.717) is 5.56 Å². The Morgan fingerprint density at radius 2 is 1.93 bits per heavy atom. The summed E-state index contributed by atoms with van der Waals surface area (Å²) in [6, 6.07) is 5.37. The number of hydrogen-bond donors (Lipinski definition) is 3. The van der Waals surface area contributed by atoms with Crippen LogP contribution < -0.4 is 0 Å². The van der Waals surface area contributed by atoms with Crippen LogP contribution in [0.25, 0.3) is 10.9 Å².